The Morgan fingerprint density at radius 3 is 2.91 bits per heavy atom. The molecule has 1 aromatic heterocycles. The number of fused-ring (bicyclic) bond motifs is 2. The molecule has 0 aliphatic carbocycles. The number of carbonyl (C=O) groups excluding carboxylic acids is 2. The molecule has 0 saturated carbocycles. The van der Waals surface area contributed by atoms with Gasteiger partial charge in [-0.25, -0.2) is 0 Å². The molecule has 0 bridgehead atoms. The van der Waals surface area contributed by atoms with Crippen molar-refractivity contribution in [1.82, 2.24) is 15.5 Å². The molecule has 3 aliphatic heterocycles. The average Bonchev–Trinajstić information content (AvgIpc) is 2.53. The minimum Gasteiger partial charge on any atom is -0.346 e. The lowest BCUT2D eigenvalue weighted by Crippen LogP contribution is -2.47. The maximum absolute atomic E-state index is 11.6. The van der Waals surface area contributed by atoms with Gasteiger partial charge in [0, 0.05) is 12.0 Å². The van der Waals surface area contributed by atoms with E-state index in [0.29, 0.717) is 39.9 Å². The van der Waals surface area contributed by atoms with E-state index >= 15 is 0 Å². The van der Waals surface area contributed by atoms with Crippen molar-refractivity contribution in [2.24, 2.45) is 10.2 Å². The van der Waals surface area contributed by atoms with E-state index in [0.717, 1.165) is 5.04 Å². The molecule has 1 unspecified atom stereocenters. The lowest BCUT2D eigenvalue weighted by Gasteiger charge is -2.27. The van der Waals surface area contributed by atoms with Gasteiger partial charge in [0.2, 0.25) is 11.8 Å². The number of rotatable bonds is 1. The van der Waals surface area contributed by atoms with Gasteiger partial charge in [-0.05, 0) is 0 Å². The third-order valence-electron chi connectivity index (χ3n) is 3.39. The van der Waals surface area contributed by atoms with Gasteiger partial charge in [-0.1, -0.05) is 23.5 Å². The van der Waals surface area contributed by atoms with Crippen molar-refractivity contribution in [2.45, 2.75) is 17.5 Å². The highest BCUT2D eigenvalue weighted by Gasteiger charge is 2.32. The van der Waals surface area contributed by atoms with Gasteiger partial charge in [0.25, 0.3) is 0 Å². The molecule has 112 valence electrons. The standard InChI is InChI=1S/C12H10N6O2S2/c19-8-3-21-11-7(14-8)1-6(16-18-11)5-2-13-17-12-10(5)15-9(20)4-22-12/h2,7H,1,3-4H2,(H,14,19)(H,15,20). The van der Waals surface area contributed by atoms with Crippen molar-refractivity contribution in [3.05, 3.63) is 11.8 Å². The van der Waals surface area contributed by atoms with Gasteiger partial charge >= 0.3 is 0 Å². The third-order valence-corrected chi connectivity index (χ3v) is 5.42. The normalized spacial score (nSPS) is 23.5. The molecule has 22 heavy (non-hydrogen) atoms. The fourth-order valence-corrected chi connectivity index (χ4v) is 3.96. The molecule has 2 amide bonds. The summed E-state index contributed by atoms with van der Waals surface area (Å²) in [6.07, 6.45) is 2.10. The predicted octanol–water partition coefficient (Wildman–Crippen LogP) is 0.259. The van der Waals surface area contributed by atoms with Crippen molar-refractivity contribution in [2.75, 3.05) is 16.8 Å². The molecule has 1 aromatic rings. The van der Waals surface area contributed by atoms with Crippen molar-refractivity contribution in [3.63, 3.8) is 0 Å². The molecule has 0 aromatic carbocycles. The van der Waals surface area contributed by atoms with Crippen LogP contribution in [0.25, 0.3) is 0 Å². The Morgan fingerprint density at radius 2 is 2.00 bits per heavy atom. The van der Waals surface area contributed by atoms with Crippen LogP contribution in [-0.2, 0) is 9.59 Å². The first-order chi connectivity index (χ1) is 10.7. The fourth-order valence-electron chi connectivity index (χ4n) is 2.40. The maximum Gasteiger partial charge on any atom is 0.234 e. The van der Waals surface area contributed by atoms with E-state index in [-0.39, 0.29) is 17.9 Å². The van der Waals surface area contributed by atoms with Crippen LogP contribution in [0.15, 0.2) is 21.4 Å². The van der Waals surface area contributed by atoms with Gasteiger partial charge in [0.05, 0.1) is 35.1 Å². The molecule has 1 saturated heterocycles. The molecule has 1 fully saturated rings. The Hall–Kier alpha value is -1.94. The Kier molecular flexibility index (Phi) is 3.34. The molecule has 0 spiro atoms. The monoisotopic (exact) mass is 334 g/mol. The van der Waals surface area contributed by atoms with E-state index < -0.39 is 0 Å². The van der Waals surface area contributed by atoms with Crippen LogP contribution in [0.5, 0.6) is 0 Å². The van der Waals surface area contributed by atoms with Gasteiger partial charge in [-0.3, -0.25) is 9.59 Å². The van der Waals surface area contributed by atoms with Crippen molar-refractivity contribution >= 4 is 51.8 Å². The van der Waals surface area contributed by atoms with Crippen LogP contribution >= 0.6 is 23.5 Å². The summed E-state index contributed by atoms with van der Waals surface area (Å²) in [4.78, 5) is 23.2. The second kappa shape index (κ2) is 5.36. The number of hydrogen-bond donors (Lipinski definition) is 2. The molecule has 8 nitrogen and oxygen atoms in total. The first-order valence-corrected chi connectivity index (χ1v) is 8.53. The second-order valence-electron chi connectivity index (χ2n) is 4.87. The molecule has 10 heteroatoms. The van der Waals surface area contributed by atoms with Crippen LogP contribution in [0.1, 0.15) is 12.0 Å². The Balaban J connectivity index is 1.71. The highest BCUT2D eigenvalue weighted by molar-refractivity contribution is 8.14. The minimum atomic E-state index is -0.158. The van der Waals surface area contributed by atoms with E-state index in [4.69, 9.17) is 0 Å². The number of thioether (sulfide) groups is 2. The molecule has 3 aliphatic rings. The maximum atomic E-state index is 11.6. The van der Waals surface area contributed by atoms with Crippen LogP contribution < -0.4 is 10.6 Å². The highest BCUT2D eigenvalue weighted by Crippen LogP contribution is 2.33. The Morgan fingerprint density at radius 1 is 1.14 bits per heavy atom. The number of aromatic nitrogens is 2. The van der Waals surface area contributed by atoms with Crippen LogP contribution in [0.3, 0.4) is 0 Å². The summed E-state index contributed by atoms with van der Waals surface area (Å²) in [6.45, 7) is 0. The Bertz CT molecular complexity index is 747. The topological polar surface area (TPSA) is 109 Å². The third kappa shape index (κ3) is 2.37. The average molecular weight is 334 g/mol. The molecule has 0 radical (unpaired) electrons. The van der Waals surface area contributed by atoms with E-state index in [1.807, 2.05) is 0 Å². The van der Waals surface area contributed by atoms with Crippen LogP contribution in [0, 0.1) is 0 Å². The van der Waals surface area contributed by atoms with Gasteiger partial charge in [0.1, 0.15) is 10.1 Å². The van der Waals surface area contributed by atoms with Crippen molar-refractivity contribution < 1.29 is 9.59 Å². The quantitative estimate of drug-likeness (QED) is 0.762. The first kappa shape index (κ1) is 13.7. The lowest BCUT2D eigenvalue weighted by atomic mass is 10.0. The Labute approximate surface area is 133 Å². The summed E-state index contributed by atoms with van der Waals surface area (Å²) in [7, 11) is 0. The molecular weight excluding hydrogens is 324 g/mol. The SMILES string of the molecule is O=C1CSc2nncc(C3=NN=C4SCC(=O)NC4C3)c2N1. The van der Waals surface area contributed by atoms with Gasteiger partial charge in [-0.2, -0.15) is 10.2 Å². The largest absolute Gasteiger partial charge is 0.346 e. The number of carbonyl (C=O) groups is 2. The van der Waals surface area contributed by atoms with Gasteiger partial charge < -0.3 is 10.6 Å². The first-order valence-electron chi connectivity index (χ1n) is 6.56. The van der Waals surface area contributed by atoms with E-state index in [2.05, 4.69) is 31.0 Å². The highest BCUT2D eigenvalue weighted by atomic mass is 32.2. The fraction of sp³-hybridized carbons (Fsp3) is 0.333. The van der Waals surface area contributed by atoms with E-state index in [1.165, 1.54) is 23.5 Å². The van der Waals surface area contributed by atoms with Crippen molar-refractivity contribution in [3.8, 4) is 0 Å². The summed E-state index contributed by atoms with van der Waals surface area (Å²) in [5.41, 5.74) is 2.02. The zero-order chi connectivity index (χ0) is 15.1. The minimum absolute atomic E-state index is 0.00561. The van der Waals surface area contributed by atoms with Crippen LogP contribution in [0.4, 0.5) is 5.69 Å². The zero-order valence-electron chi connectivity index (χ0n) is 11.2. The summed E-state index contributed by atoms with van der Waals surface area (Å²) >= 11 is 2.76. The molecule has 4 rings (SSSR count). The smallest absolute Gasteiger partial charge is 0.234 e. The van der Waals surface area contributed by atoms with Gasteiger partial charge in [-0.15, -0.1) is 10.2 Å². The lowest BCUT2D eigenvalue weighted by molar-refractivity contribution is -0.119. The number of hydrogen-bond acceptors (Lipinski definition) is 8. The van der Waals surface area contributed by atoms with Crippen LogP contribution in [-0.4, -0.2) is 50.3 Å². The van der Waals surface area contributed by atoms with Gasteiger partial charge in [0.15, 0.2) is 0 Å². The number of nitrogens with one attached hydrogen (secondary N) is 2. The number of nitrogens with zero attached hydrogens (tertiary/aromatic N) is 4. The molecular formula is C12H10N6O2S2. The number of amides is 2. The van der Waals surface area contributed by atoms with E-state index in [9.17, 15) is 9.59 Å². The summed E-state index contributed by atoms with van der Waals surface area (Å²) in [5, 5.41) is 23.7. The second-order valence-corrected chi connectivity index (χ2v) is 6.83. The number of anilines is 1. The summed E-state index contributed by atoms with van der Waals surface area (Å²) in [5.74, 6) is 0.622. The zero-order valence-corrected chi connectivity index (χ0v) is 12.8. The molecule has 4 heterocycles. The van der Waals surface area contributed by atoms with Crippen LogP contribution in [0.2, 0.25) is 0 Å². The van der Waals surface area contributed by atoms with E-state index in [1.54, 1.807) is 6.20 Å². The predicted molar refractivity (Wildman–Crippen MR) is 84.4 cm³/mol. The summed E-state index contributed by atoms with van der Waals surface area (Å²) < 4.78 is 0. The summed E-state index contributed by atoms with van der Waals surface area (Å²) in [6, 6.07) is -0.158. The molecule has 2 N–H and O–H groups in total. The molecule has 1 atom stereocenters. The van der Waals surface area contributed by atoms with Crippen molar-refractivity contribution in [1.29, 1.82) is 0 Å².